The minimum atomic E-state index is -3.85. The number of aromatic nitrogens is 2. The number of para-hydroxylation sites is 2. The molecule has 5 N–H and O–H groups in total. The molecular weight excluding hydrogens is 407 g/mol. The van der Waals surface area contributed by atoms with Crippen LogP contribution in [0.2, 0.25) is 0 Å². The Labute approximate surface area is 173 Å². The van der Waals surface area contributed by atoms with Crippen LogP contribution in [0.15, 0.2) is 72.9 Å². The molecule has 0 aliphatic carbocycles. The van der Waals surface area contributed by atoms with Crippen molar-refractivity contribution in [2.75, 3.05) is 0 Å². The maximum absolute atomic E-state index is 12.8. The predicted octanol–water partition coefficient (Wildman–Crippen LogP) is 1.65. The Hall–Kier alpha value is -3.26. The highest BCUT2D eigenvalue weighted by Crippen LogP contribution is 2.54. The summed E-state index contributed by atoms with van der Waals surface area (Å²) in [5.41, 5.74) is 11.1. The first-order valence-corrected chi connectivity index (χ1v) is 10.7. The summed E-state index contributed by atoms with van der Waals surface area (Å²) in [5.74, 6) is -0.490. The van der Waals surface area contributed by atoms with Crippen LogP contribution in [0.25, 0.3) is 0 Å². The number of amides is 1. The van der Waals surface area contributed by atoms with Crippen LogP contribution in [0.3, 0.4) is 0 Å². The van der Waals surface area contributed by atoms with Gasteiger partial charge in [-0.05, 0) is 30.7 Å². The van der Waals surface area contributed by atoms with E-state index in [0.29, 0.717) is 11.5 Å². The Kier molecular flexibility index (Phi) is 6.79. The lowest BCUT2D eigenvalue weighted by Crippen LogP contribution is -2.41. The lowest BCUT2D eigenvalue weighted by atomic mass is 10.1. The van der Waals surface area contributed by atoms with Crippen LogP contribution in [0.4, 0.5) is 0 Å². The van der Waals surface area contributed by atoms with Crippen LogP contribution in [-0.4, -0.2) is 32.5 Å². The van der Waals surface area contributed by atoms with E-state index in [1.54, 1.807) is 60.7 Å². The lowest BCUT2D eigenvalue weighted by Gasteiger charge is -2.18. The summed E-state index contributed by atoms with van der Waals surface area (Å²) >= 11 is 0. The number of nitrogens with two attached hydrogens (primary N) is 2. The van der Waals surface area contributed by atoms with Crippen LogP contribution >= 0.6 is 7.94 Å². The van der Waals surface area contributed by atoms with Gasteiger partial charge in [0.1, 0.15) is 0 Å². The number of rotatable bonds is 9. The van der Waals surface area contributed by atoms with E-state index < -0.39 is 25.8 Å². The molecule has 0 aliphatic rings. The average molecular weight is 429 g/mol. The second-order valence-electron chi connectivity index (χ2n) is 6.38. The molecule has 3 aromatic rings. The van der Waals surface area contributed by atoms with Crippen LogP contribution < -0.4 is 25.9 Å². The van der Waals surface area contributed by atoms with E-state index in [-0.39, 0.29) is 18.3 Å². The zero-order valence-corrected chi connectivity index (χ0v) is 16.9. The molecule has 0 radical (unpaired) electrons. The molecule has 0 fully saturated rings. The second kappa shape index (κ2) is 9.49. The quantitative estimate of drug-likeness (QED) is 0.439. The smallest absolute Gasteiger partial charge is 0.370 e. The molecule has 1 atom stereocenters. The molecule has 0 bridgehead atoms. The fourth-order valence-electron chi connectivity index (χ4n) is 2.62. The molecule has 30 heavy (non-hydrogen) atoms. The van der Waals surface area contributed by atoms with Gasteiger partial charge in [-0.3, -0.25) is 18.6 Å². The average Bonchev–Trinajstić information content (AvgIpc) is 3.23. The number of hydrogen-bond acceptors (Lipinski definition) is 7. The van der Waals surface area contributed by atoms with E-state index in [1.807, 2.05) is 0 Å². The zero-order valence-electron chi connectivity index (χ0n) is 16.0. The van der Waals surface area contributed by atoms with E-state index in [0.717, 1.165) is 4.68 Å². The van der Waals surface area contributed by atoms with Crippen molar-refractivity contribution in [3.8, 4) is 11.5 Å². The Balaban J connectivity index is 1.95. The van der Waals surface area contributed by atoms with E-state index in [1.165, 1.54) is 12.3 Å². The van der Waals surface area contributed by atoms with Crippen LogP contribution in [0, 0.1) is 0 Å². The normalized spacial score (nSPS) is 12.2. The zero-order chi connectivity index (χ0) is 21.6. The lowest BCUT2D eigenvalue weighted by molar-refractivity contribution is -0.118. The molecule has 0 saturated carbocycles. The molecule has 0 aliphatic heterocycles. The van der Waals surface area contributed by atoms with E-state index in [9.17, 15) is 14.5 Å². The van der Waals surface area contributed by atoms with Gasteiger partial charge in [0.25, 0.3) is 11.3 Å². The molecule has 0 unspecified atom stereocenters. The number of carbonyl (C=O) groups is 2. The summed E-state index contributed by atoms with van der Waals surface area (Å²) in [7, 11) is -3.85. The van der Waals surface area contributed by atoms with Gasteiger partial charge in [0, 0.05) is 12.5 Å². The van der Waals surface area contributed by atoms with Gasteiger partial charge in [-0.15, -0.1) is 0 Å². The number of hydrogen-bond donors (Lipinski definition) is 3. The summed E-state index contributed by atoms with van der Waals surface area (Å²) in [6.45, 7) is 0. The number of primary amides is 1. The number of nitrogens with zero attached hydrogens (tertiary/aromatic N) is 2. The Morgan fingerprint density at radius 3 is 2.03 bits per heavy atom. The molecule has 3 rings (SSSR count). The van der Waals surface area contributed by atoms with Crippen molar-refractivity contribution in [1.82, 2.24) is 9.78 Å². The van der Waals surface area contributed by atoms with Gasteiger partial charge in [0.2, 0.25) is 5.91 Å². The third-order valence-corrected chi connectivity index (χ3v) is 5.92. The summed E-state index contributed by atoms with van der Waals surface area (Å²) in [4.78, 5) is 35.3. The second-order valence-corrected chi connectivity index (χ2v) is 8.24. The summed E-state index contributed by atoms with van der Waals surface area (Å²) in [6.07, 6.45) is 1.33. The maximum atomic E-state index is 12.8. The fourth-order valence-corrected chi connectivity index (χ4v) is 4.30. The van der Waals surface area contributed by atoms with Crippen LogP contribution in [0.1, 0.15) is 17.6 Å². The molecular formula is C20H22N4O5P+. The molecule has 9 nitrogen and oxygen atoms in total. The third kappa shape index (κ3) is 5.21. The fraction of sp³-hybridized carbons (Fsp3) is 0.150. The molecule has 10 heteroatoms. The molecule has 156 valence electrons. The summed E-state index contributed by atoms with van der Waals surface area (Å²) < 4.78 is 12.6. The monoisotopic (exact) mass is 429 g/mol. The van der Waals surface area contributed by atoms with Crippen molar-refractivity contribution in [1.29, 1.82) is 0 Å². The number of benzene rings is 2. The summed E-state index contributed by atoms with van der Waals surface area (Å²) in [5, 5.41) is 3.99. The highest BCUT2D eigenvalue weighted by Gasteiger charge is 2.52. The van der Waals surface area contributed by atoms with E-state index in [2.05, 4.69) is 5.10 Å². The van der Waals surface area contributed by atoms with Gasteiger partial charge in [-0.1, -0.05) is 36.4 Å². The summed E-state index contributed by atoms with van der Waals surface area (Å²) in [6, 6.07) is 17.6. The highest BCUT2D eigenvalue weighted by atomic mass is 31.2. The van der Waals surface area contributed by atoms with Gasteiger partial charge in [0.05, 0.1) is 12.2 Å². The third-order valence-electron chi connectivity index (χ3n) is 4.08. The van der Waals surface area contributed by atoms with Crippen molar-refractivity contribution in [3.63, 3.8) is 0 Å². The first kappa shape index (κ1) is 21.4. The minimum absolute atomic E-state index is 0.0229. The van der Waals surface area contributed by atoms with Crippen molar-refractivity contribution < 1.29 is 23.5 Å². The van der Waals surface area contributed by atoms with Gasteiger partial charge in [0.15, 0.2) is 11.5 Å². The Bertz CT molecular complexity index is 955. The van der Waals surface area contributed by atoms with Crippen molar-refractivity contribution in [3.05, 3.63) is 72.9 Å². The van der Waals surface area contributed by atoms with Crippen LogP contribution in [-0.2, 0) is 4.79 Å². The molecule has 1 aromatic heterocycles. The number of carbonyl (C=O) groups excluding carboxylic acids is 2. The molecule has 0 saturated heterocycles. The van der Waals surface area contributed by atoms with Crippen LogP contribution in [0.5, 0.6) is 11.5 Å². The maximum Gasteiger partial charge on any atom is 0.553 e. The first-order chi connectivity index (χ1) is 14.4. The van der Waals surface area contributed by atoms with E-state index in [4.69, 9.17) is 20.5 Å². The molecule has 0 spiro atoms. The van der Waals surface area contributed by atoms with Crippen molar-refractivity contribution in [2.24, 2.45) is 11.5 Å². The van der Waals surface area contributed by atoms with Gasteiger partial charge < -0.3 is 11.5 Å². The highest BCUT2D eigenvalue weighted by molar-refractivity contribution is 7.69. The Morgan fingerprint density at radius 2 is 1.53 bits per heavy atom. The molecule has 2 aromatic carbocycles. The van der Waals surface area contributed by atoms with E-state index >= 15 is 0 Å². The molecule has 1 heterocycles. The SMILES string of the molecule is NC(=O)CC[C@H](N)C(=O)n1nccc1[P+](O)(Oc1ccccc1)Oc1ccccc1. The van der Waals surface area contributed by atoms with Gasteiger partial charge >= 0.3 is 7.94 Å². The van der Waals surface area contributed by atoms with Gasteiger partial charge in [-0.2, -0.15) is 14.7 Å². The molecule has 1 amide bonds. The standard InChI is InChI=1S/C20H21N4O5P/c21-17(11-12-18(22)25)20(26)24-19(13-14-23-24)30(27,28-15-7-3-1-4-8-15)29-16-9-5-2-6-10-16/h1-10,13-14,17,27H,11-12,21H2,(H-,22,25)/p+1/t17-/m0/s1. The largest absolute Gasteiger partial charge is 0.553 e. The predicted molar refractivity (Wildman–Crippen MR) is 112 cm³/mol. The first-order valence-electron chi connectivity index (χ1n) is 9.13. The van der Waals surface area contributed by atoms with Gasteiger partial charge in [-0.25, -0.2) is 0 Å². The minimum Gasteiger partial charge on any atom is -0.370 e. The topological polar surface area (TPSA) is 143 Å². The Morgan fingerprint density at radius 1 is 1.00 bits per heavy atom. The van der Waals surface area contributed by atoms with Crippen molar-refractivity contribution >= 4 is 25.2 Å². The van der Waals surface area contributed by atoms with Crippen molar-refractivity contribution in [2.45, 2.75) is 18.9 Å².